The minimum Gasteiger partial charge on any atom is -0.463 e. The molecule has 1 atom stereocenters. The summed E-state index contributed by atoms with van der Waals surface area (Å²) in [4.78, 5) is 11.7. The highest BCUT2D eigenvalue weighted by Crippen LogP contribution is 2.29. The minimum absolute atomic E-state index is 0.0429. The van der Waals surface area contributed by atoms with Gasteiger partial charge in [0.05, 0.1) is 11.7 Å². The van der Waals surface area contributed by atoms with Crippen LogP contribution in [0.2, 0.25) is 0 Å². The van der Waals surface area contributed by atoms with Gasteiger partial charge in [-0.25, -0.2) is 0 Å². The van der Waals surface area contributed by atoms with Crippen molar-refractivity contribution in [2.45, 2.75) is 51.2 Å². The van der Waals surface area contributed by atoms with E-state index in [0.717, 1.165) is 24.1 Å². The third kappa shape index (κ3) is 4.53. The van der Waals surface area contributed by atoms with Crippen LogP contribution in [0.3, 0.4) is 0 Å². The number of carbonyl (C=O) groups excluding carboxylic acids is 1. The standard InChI is InChI=1S/C16H23NO3/c1-16(2)9-8-14(20-16)11-19-15(18)7-6-12-4-3-5-13(17)10-12/h3-5,10,14H,6-9,11,17H2,1-2H3. The van der Waals surface area contributed by atoms with Gasteiger partial charge in [-0.1, -0.05) is 12.1 Å². The summed E-state index contributed by atoms with van der Waals surface area (Å²) < 4.78 is 11.1. The molecule has 4 nitrogen and oxygen atoms in total. The van der Waals surface area contributed by atoms with Crippen molar-refractivity contribution in [3.05, 3.63) is 29.8 Å². The summed E-state index contributed by atoms with van der Waals surface area (Å²) in [6, 6.07) is 7.58. The van der Waals surface area contributed by atoms with E-state index in [1.165, 1.54) is 0 Å². The van der Waals surface area contributed by atoms with Gasteiger partial charge in [0.2, 0.25) is 0 Å². The van der Waals surface area contributed by atoms with Gasteiger partial charge in [0.25, 0.3) is 0 Å². The van der Waals surface area contributed by atoms with Crippen LogP contribution in [0.15, 0.2) is 24.3 Å². The number of hydrogen-bond acceptors (Lipinski definition) is 4. The number of aryl methyl sites for hydroxylation is 1. The molecular weight excluding hydrogens is 254 g/mol. The average molecular weight is 277 g/mol. The van der Waals surface area contributed by atoms with Gasteiger partial charge >= 0.3 is 5.97 Å². The van der Waals surface area contributed by atoms with E-state index < -0.39 is 0 Å². The second-order valence-corrected chi connectivity index (χ2v) is 5.97. The highest BCUT2D eigenvalue weighted by molar-refractivity contribution is 5.69. The Morgan fingerprint density at radius 2 is 2.30 bits per heavy atom. The number of esters is 1. The number of nitrogen functional groups attached to an aromatic ring is 1. The number of rotatable bonds is 5. The van der Waals surface area contributed by atoms with Gasteiger partial charge in [0.1, 0.15) is 6.61 Å². The molecule has 1 aliphatic rings. The topological polar surface area (TPSA) is 61.5 Å². The number of carbonyl (C=O) groups is 1. The van der Waals surface area contributed by atoms with Gasteiger partial charge in [0.15, 0.2) is 0 Å². The van der Waals surface area contributed by atoms with Crippen LogP contribution in [0, 0.1) is 0 Å². The van der Waals surface area contributed by atoms with E-state index in [1.54, 1.807) is 0 Å². The molecule has 2 rings (SSSR count). The van der Waals surface area contributed by atoms with Crippen molar-refractivity contribution in [3.63, 3.8) is 0 Å². The fourth-order valence-electron chi connectivity index (χ4n) is 2.45. The zero-order valence-corrected chi connectivity index (χ0v) is 12.2. The molecule has 1 aromatic carbocycles. The summed E-state index contributed by atoms with van der Waals surface area (Å²) in [6.45, 7) is 4.49. The summed E-state index contributed by atoms with van der Waals surface area (Å²) in [7, 11) is 0. The molecule has 2 N–H and O–H groups in total. The fraction of sp³-hybridized carbons (Fsp3) is 0.562. The Kier molecular flexibility index (Phi) is 4.65. The molecule has 1 saturated heterocycles. The second kappa shape index (κ2) is 6.27. The predicted octanol–water partition coefficient (Wildman–Crippen LogP) is 2.70. The quantitative estimate of drug-likeness (QED) is 0.664. The maximum absolute atomic E-state index is 11.7. The summed E-state index contributed by atoms with van der Waals surface area (Å²) in [5.41, 5.74) is 7.39. The number of benzene rings is 1. The normalized spacial score (nSPS) is 20.8. The Labute approximate surface area is 120 Å². The van der Waals surface area contributed by atoms with Gasteiger partial charge in [-0.2, -0.15) is 0 Å². The van der Waals surface area contributed by atoms with E-state index in [2.05, 4.69) is 13.8 Å². The van der Waals surface area contributed by atoms with Crippen LogP contribution in [0.5, 0.6) is 0 Å². The smallest absolute Gasteiger partial charge is 0.306 e. The molecule has 4 heteroatoms. The van der Waals surface area contributed by atoms with E-state index in [0.29, 0.717) is 19.4 Å². The van der Waals surface area contributed by atoms with E-state index in [1.807, 2.05) is 24.3 Å². The molecule has 0 aromatic heterocycles. The van der Waals surface area contributed by atoms with Crippen molar-refractivity contribution in [2.24, 2.45) is 0 Å². The Morgan fingerprint density at radius 1 is 1.50 bits per heavy atom. The summed E-state index contributed by atoms with van der Waals surface area (Å²) >= 11 is 0. The summed E-state index contributed by atoms with van der Waals surface area (Å²) in [6.07, 6.45) is 3.04. The van der Waals surface area contributed by atoms with E-state index in [9.17, 15) is 4.79 Å². The second-order valence-electron chi connectivity index (χ2n) is 5.97. The molecule has 0 aliphatic carbocycles. The summed E-state index contributed by atoms with van der Waals surface area (Å²) in [5.74, 6) is -0.180. The zero-order chi connectivity index (χ0) is 14.6. The maximum Gasteiger partial charge on any atom is 0.306 e. The maximum atomic E-state index is 11.7. The Balaban J connectivity index is 1.68. The van der Waals surface area contributed by atoms with E-state index in [4.69, 9.17) is 15.2 Å². The van der Waals surface area contributed by atoms with Crippen LogP contribution in [0.25, 0.3) is 0 Å². The molecule has 0 bridgehead atoms. The van der Waals surface area contributed by atoms with E-state index in [-0.39, 0.29) is 17.7 Å². The molecule has 0 saturated carbocycles. The van der Waals surface area contributed by atoms with Crippen molar-refractivity contribution in [2.75, 3.05) is 12.3 Å². The summed E-state index contributed by atoms with van der Waals surface area (Å²) in [5, 5.41) is 0. The lowest BCUT2D eigenvalue weighted by Crippen LogP contribution is -2.24. The Hall–Kier alpha value is -1.55. The van der Waals surface area contributed by atoms with Crippen LogP contribution >= 0.6 is 0 Å². The molecule has 1 aromatic rings. The van der Waals surface area contributed by atoms with Gasteiger partial charge in [-0.05, 0) is 50.8 Å². The van der Waals surface area contributed by atoms with Gasteiger partial charge in [-0.15, -0.1) is 0 Å². The average Bonchev–Trinajstić information content (AvgIpc) is 2.74. The molecule has 0 radical (unpaired) electrons. The molecule has 1 aliphatic heterocycles. The van der Waals surface area contributed by atoms with Crippen molar-refractivity contribution >= 4 is 11.7 Å². The zero-order valence-electron chi connectivity index (χ0n) is 12.2. The predicted molar refractivity (Wildman–Crippen MR) is 78.3 cm³/mol. The third-order valence-corrected chi connectivity index (χ3v) is 3.55. The molecule has 1 heterocycles. The number of hydrogen-bond donors (Lipinski definition) is 1. The first kappa shape index (κ1) is 14.9. The van der Waals surface area contributed by atoms with Crippen molar-refractivity contribution in [3.8, 4) is 0 Å². The minimum atomic E-state index is -0.180. The SMILES string of the molecule is CC1(C)CCC(COC(=O)CCc2cccc(N)c2)O1. The van der Waals surface area contributed by atoms with Crippen LogP contribution in [0.1, 0.15) is 38.7 Å². The first-order valence-electron chi connectivity index (χ1n) is 7.12. The van der Waals surface area contributed by atoms with Crippen molar-refractivity contribution < 1.29 is 14.3 Å². The molecular formula is C16H23NO3. The molecule has 110 valence electrons. The lowest BCUT2D eigenvalue weighted by molar-refractivity contribution is -0.148. The lowest BCUT2D eigenvalue weighted by Gasteiger charge is -2.19. The highest BCUT2D eigenvalue weighted by Gasteiger charge is 2.32. The first-order valence-corrected chi connectivity index (χ1v) is 7.12. The lowest BCUT2D eigenvalue weighted by atomic mass is 10.1. The molecule has 0 amide bonds. The number of anilines is 1. The number of ether oxygens (including phenoxy) is 2. The molecule has 1 fully saturated rings. The van der Waals surface area contributed by atoms with Gasteiger partial charge in [-0.3, -0.25) is 4.79 Å². The van der Waals surface area contributed by atoms with Crippen LogP contribution in [0.4, 0.5) is 5.69 Å². The fourth-order valence-corrected chi connectivity index (χ4v) is 2.45. The Morgan fingerprint density at radius 3 is 2.95 bits per heavy atom. The van der Waals surface area contributed by atoms with Crippen molar-refractivity contribution in [1.82, 2.24) is 0 Å². The largest absolute Gasteiger partial charge is 0.463 e. The molecule has 0 spiro atoms. The monoisotopic (exact) mass is 277 g/mol. The third-order valence-electron chi connectivity index (χ3n) is 3.55. The van der Waals surface area contributed by atoms with Gasteiger partial charge in [0, 0.05) is 12.1 Å². The van der Waals surface area contributed by atoms with Crippen LogP contribution in [-0.4, -0.2) is 24.3 Å². The Bertz CT molecular complexity index is 471. The van der Waals surface area contributed by atoms with Crippen molar-refractivity contribution in [1.29, 1.82) is 0 Å². The molecule has 20 heavy (non-hydrogen) atoms. The number of nitrogens with two attached hydrogens (primary N) is 1. The van der Waals surface area contributed by atoms with Gasteiger partial charge < -0.3 is 15.2 Å². The first-order chi connectivity index (χ1) is 9.44. The highest BCUT2D eigenvalue weighted by atomic mass is 16.6. The van der Waals surface area contributed by atoms with Crippen LogP contribution < -0.4 is 5.73 Å². The van der Waals surface area contributed by atoms with Crippen LogP contribution in [-0.2, 0) is 20.7 Å². The molecule has 1 unspecified atom stereocenters. The van der Waals surface area contributed by atoms with E-state index >= 15 is 0 Å².